The van der Waals surface area contributed by atoms with Gasteiger partial charge in [-0.2, -0.15) is 0 Å². The molecular weight excluding hydrogens is 314 g/mol. The molecule has 132 valence electrons. The predicted molar refractivity (Wildman–Crippen MR) is 97.7 cm³/mol. The molecule has 0 saturated carbocycles. The van der Waals surface area contributed by atoms with Crippen LogP contribution in [0.15, 0.2) is 42.6 Å². The molecule has 3 rings (SSSR count). The van der Waals surface area contributed by atoms with Gasteiger partial charge in [-0.3, -0.25) is 9.78 Å². The molecule has 25 heavy (non-hydrogen) atoms. The van der Waals surface area contributed by atoms with Crippen molar-refractivity contribution in [3.05, 3.63) is 59.4 Å². The van der Waals surface area contributed by atoms with E-state index in [0.717, 1.165) is 36.5 Å². The van der Waals surface area contributed by atoms with Crippen LogP contribution in [0.1, 0.15) is 35.0 Å². The highest BCUT2D eigenvalue weighted by Crippen LogP contribution is 2.15. The first-order chi connectivity index (χ1) is 12.1. The molecule has 1 aliphatic heterocycles. The fourth-order valence-corrected chi connectivity index (χ4v) is 2.94. The maximum atomic E-state index is 12.5. The van der Waals surface area contributed by atoms with E-state index < -0.39 is 0 Å². The summed E-state index contributed by atoms with van der Waals surface area (Å²) in [6.45, 7) is 6.39. The van der Waals surface area contributed by atoms with Crippen molar-refractivity contribution in [3.63, 3.8) is 0 Å². The number of nitrogens with zero attached hydrogens (tertiary/aromatic N) is 1. The van der Waals surface area contributed by atoms with Gasteiger partial charge in [0.05, 0.1) is 6.20 Å². The summed E-state index contributed by atoms with van der Waals surface area (Å²) in [6.07, 6.45) is 2.80. The number of piperidine rings is 1. The molecule has 0 spiro atoms. The smallest absolute Gasteiger partial charge is 0.251 e. The molecule has 5 nitrogen and oxygen atoms in total. The Morgan fingerprint density at radius 1 is 1.36 bits per heavy atom. The molecule has 1 aromatic heterocycles. The SMILES string of the molecule is Cc1ccc(OCc2cccc(C(=O)NC3CNCCC3C)c2)cn1. The van der Waals surface area contributed by atoms with Crippen LogP contribution in [0.25, 0.3) is 0 Å². The molecule has 1 aliphatic rings. The Balaban J connectivity index is 1.60. The lowest BCUT2D eigenvalue weighted by Gasteiger charge is -2.30. The summed E-state index contributed by atoms with van der Waals surface area (Å²) in [4.78, 5) is 16.7. The van der Waals surface area contributed by atoms with Gasteiger partial charge in [0.2, 0.25) is 0 Å². The normalized spacial score (nSPS) is 20.1. The van der Waals surface area contributed by atoms with Crippen molar-refractivity contribution in [2.45, 2.75) is 32.9 Å². The minimum absolute atomic E-state index is 0.0283. The molecule has 2 unspecified atom stereocenters. The van der Waals surface area contributed by atoms with E-state index in [1.807, 2.05) is 43.3 Å². The van der Waals surface area contributed by atoms with Gasteiger partial charge in [-0.05, 0) is 55.6 Å². The molecule has 5 heteroatoms. The van der Waals surface area contributed by atoms with E-state index in [4.69, 9.17) is 4.74 Å². The van der Waals surface area contributed by atoms with Gasteiger partial charge in [-0.15, -0.1) is 0 Å². The molecule has 2 aromatic rings. The van der Waals surface area contributed by atoms with Crippen LogP contribution in [0, 0.1) is 12.8 Å². The van der Waals surface area contributed by atoms with Gasteiger partial charge in [0, 0.05) is 23.8 Å². The maximum absolute atomic E-state index is 12.5. The van der Waals surface area contributed by atoms with Crippen molar-refractivity contribution in [2.75, 3.05) is 13.1 Å². The van der Waals surface area contributed by atoms with E-state index in [0.29, 0.717) is 18.1 Å². The lowest BCUT2D eigenvalue weighted by Crippen LogP contribution is -2.50. The Bertz CT molecular complexity index is 715. The lowest BCUT2D eigenvalue weighted by molar-refractivity contribution is 0.0915. The van der Waals surface area contributed by atoms with Crippen LogP contribution in [0.5, 0.6) is 5.75 Å². The van der Waals surface area contributed by atoms with Crippen LogP contribution in [-0.2, 0) is 6.61 Å². The number of nitrogens with one attached hydrogen (secondary N) is 2. The average molecular weight is 339 g/mol. The summed E-state index contributed by atoms with van der Waals surface area (Å²) in [5.41, 5.74) is 2.58. The van der Waals surface area contributed by atoms with E-state index in [1.54, 1.807) is 6.20 Å². The topological polar surface area (TPSA) is 63.2 Å². The third-order valence-corrected chi connectivity index (χ3v) is 4.62. The summed E-state index contributed by atoms with van der Waals surface area (Å²) in [7, 11) is 0. The first-order valence-electron chi connectivity index (χ1n) is 8.78. The maximum Gasteiger partial charge on any atom is 0.251 e. The Morgan fingerprint density at radius 2 is 2.24 bits per heavy atom. The second-order valence-electron chi connectivity index (χ2n) is 6.67. The van der Waals surface area contributed by atoms with Crippen molar-refractivity contribution >= 4 is 5.91 Å². The molecular formula is C20H25N3O2. The van der Waals surface area contributed by atoms with Crippen molar-refractivity contribution in [1.29, 1.82) is 0 Å². The van der Waals surface area contributed by atoms with E-state index in [1.165, 1.54) is 0 Å². The molecule has 1 amide bonds. The van der Waals surface area contributed by atoms with Crippen molar-refractivity contribution in [3.8, 4) is 5.75 Å². The fraction of sp³-hybridized carbons (Fsp3) is 0.400. The molecule has 0 radical (unpaired) electrons. The van der Waals surface area contributed by atoms with Crippen molar-refractivity contribution in [2.24, 2.45) is 5.92 Å². The zero-order valence-electron chi connectivity index (χ0n) is 14.8. The molecule has 2 atom stereocenters. The second-order valence-corrected chi connectivity index (χ2v) is 6.67. The number of carbonyl (C=O) groups is 1. The highest BCUT2D eigenvalue weighted by molar-refractivity contribution is 5.94. The van der Waals surface area contributed by atoms with E-state index in [9.17, 15) is 4.79 Å². The number of pyridine rings is 1. The number of hydrogen-bond donors (Lipinski definition) is 2. The van der Waals surface area contributed by atoms with Crippen molar-refractivity contribution in [1.82, 2.24) is 15.6 Å². The van der Waals surface area contributed by atoms with Crippen LogP contribution in [0.3, 0.4) is 0 Å². The molecule has 2 heterocycles. The molecule has 0 bridgehead atoms. The number of rotatable bonds is 5. The van der Waals surface area contributed by atoms with E-state index in [2.05, 4.69) is 22.5 Å². The van der Waals surface area contributed by atoms with Crippen LogP contribution in [0.4, 0.5) is 0 Å². The van der Waals surface area contributed by atoms with Gasteiger partial charge in [0.25, 0.3) is 5.91 Å². The van der Waals surface area contributed by atoms with Gasteiger partial charge in [-0.1, -0.05) is 19.1 Å². The van der Waals surface area contributed by atoms with Crippen LogP contribution in [-0.4, -0.2) is 30.0 Å². The van der Waals surface area contributed by atoms with E-state index in [-0.39, 0.29) is 11.9 Å². The quantitative estimate of drug-likeness (QED) is 0.879. The standard InChI is InChI=1S/C20H25N3O2/c1-14-8-9-21-12-19(14)23-20(24)17-5-3-4-16(10-17)13-25-18-7-6-15(2)22-11-18/h3-7,10-11,14,19,21H,8-9,12-13H2,1-2H3,(H,23,24). The number of benzene rings is 1. The van der Waals surface area contributed by atoms with E-state index >= 15 is 0 Å². The monoisotopic (exact) mass is 339 g/mol. The van der Waals surface area contributed by atoms with Gasteiger partial charge >= 0.3 is 0 Å². The summed E-state index contributed by atoms with van der Waals surface area (Å²) in [6, 6.07) is 11.6. The van der Waals surface area contributed by atoms with Gasteiger partial charge in [-0.25, -0.2) is 0 Å². The Morgan fingerprint density at radius 3 is 3.00 bits per heavy atom. The van der Waals surface area contributed by atoms with Gasteiger partial charge < -0.3 is 15.4 Å². The predicted octanol–water partition coefficient (Wildman–Crippen LogP) is 2.70. The zero-order chi connectivity index (χ0) is 17.6. The Hall–Kier alpha value is -2.40. The number of hydrogen-bond acceptors (Lipinski definition) is 4. The molecule has 1 saturated heterocycles. The number of amides is 1. The molecule has 1 aromatic carbocycles. The van der Waals surface area contributed by atoms with Crippen molar-refractivity contribution < 1.29 is 9.53 Å². The fourth-order valence-electron chi connectivity index (χ4n) is 2.94. The molecule has 2 N–H and O–H groups in total. The summed E-state index contributed by atoms with van der Waals surface area (Å²) in [5.74, 6) is 1.19. The van der Waals surface area contributed by atoms with Gasteiger partial charge in [0.1, 0.15) is 12.4 Å². The Kier molecular flexibility index (Phi) is 5.66. The first-order valence-corrected chi connectivity index (χ1v) is 8.78. The molecule has 1 fully saturated rings. The second kappa shape index (κ2) is 8.12. The minimum Gasteiger partial charge on any atom is -0.487 e. The van der Waals surface area contributed by atoms with Crippen LogP contribution in [0.2, 0.25) is 0 Å². The minimum atomic E-state index is -0.0283. The Labute approximate surface area is 148 Å². The largest absolute Gasteiger partial charge is 0.487 e. The highest BCUT2D eigenvalue weighted by Gasteiger charge is 2.23. The summed E-state index contributed by atoms with van der Waals surface area (Å²) in [5, 5.41) is 6.48. The zero-order valence-corrected chi connectivity index (χ0v) is 14.8. The summed E-state index contributed by atoms with van der Waals surface area (Å²) < 4.78 is 5.74. The first kappa shape index (κ1) is 17.4. The summed E-state index contributed by atoms with van der Waals surface area (Å²) >= 11 is 0. The number of carbonyl (C=O) groups excluding carboxylic acids is 1. The highest BCUT2D eigenvalue weighted by atomic mass is 16.5. The number of aryl methyl sites for hydroxylation is 1. The number of ether oxygens (including phenoxy) is 1. The third kappa shape index (κ3) is 4.79. The average Bonchev–Trinajstić information content (AvgIpc) is 2.63. The third-order valence-electron chi connectivity index (χ3n) is 4.62. The lowest BCUT2D eigenvalue weighted by atomic mass is 9.94. The molecule has 0 aliphatic carbocycles. The van der Waals surface area contributed by atoms with Crippen LogP contribution < -0.4 is 15.4 Å². The van der Waals surface area contributed by atoms with Crippen LogP contribution >= 0.6 is 0 Å². The van der Waals surface area contributed by atoms with Gasteiger partial charge in [0.15, 0.2) is 0 Å². The number of aromatic nitrogens is 1.